The third-order valence-electron chi connectivity index (χ3n) is 6.99. The number of halogens is 2. The standard InChI is InChI=1S/C27H29Cl2N5O2/c1-36-21-9-7-19(8-10-21)23-11-12-25(31-30-23)34-13-3-4-20(18-34)27(35)33-16-14-32(15-17-33)24-6-2-5-22(28)26(24)29/h2,5-12,20H,3-4,13-18H2,1H3. The normalized spacial score (nSPS) is 18.3. The molecule has 1 aromatic heterocycles. The molecule has 3 heterocycles. The number of methoxy groups -OCH3 is 1. The number of hydrogen-bond donors (Lipinski definition) is 0. The van der Waals surface area contributed by atoms with Crippen molar-refractivity contribution in [3.63, 3.8) is 0 Å². The maximum absolute atomic E-state index is 13.4. The number of benzene rings is 2. The monoisotopic (exact) mass is 525 g/mol. The van der Waals surface area contributed by atoms with E-state index in [0.29, 0.717) is 29.7 Å². The lowest BCUT2D eigenvalue weighted by molar-refractivity contribution is -0.136. The lowest BCUT2D eigenvalue weighted by Gasteiger charge is -2.40. The number of piperazine rings is 1. The van der Waals surface area contributed by atoms with Crippen LogP contribution in [0.4, 0.5) is 11.5 Å². The smallest absolute Gasteiger partial charge is 0.227 e. The predicted molar refractivity (Wildman–Crippen MR) is 144 cm³/mol. The molecule has 2 fully saturated rings. The zero-order valence-corrected chi connectivity index (χ0v) is 21.8. The van der Waals surface area contributed by atoms with Crippen LogP contribution in [-0.4, -0.2) is 67.4 Å². The highest BCUT2D eigenvalue weighted by atomic mass is 35.5. The summed E-state index contributed by atoms with van der Waals surface area (Å²) in [6.45, 7) is 4.36. The number of carbonyl (C=O) groups is 1. The summed E-state index contributed by atoms with van der Waals surface area (Å²) in [7, 11) is 1.65. The number of hydrogen-bond acceptors (Lipinski definition) is 6. The molecular formula is C27H29Cl2N5O2. The Morgan fingerprint density at radius 3 is 2.39 bits per heavy atom. The quantitative estimate of drug-likeness (QED) is 0.465. The first-order valence-corrected chi connectivity index (χ1v) is 13.0. The number of amides is 1. The van der Waals surface area contributed by atoms with E-state index in [0.717, 1.165) is 61.0 Å². The van der Waals surface area contributed by atoms with Gasteiger partial charge in [-0.25, -0.2) is 0 Å². The topological polar surface area (TPSA) is 61.8 Å². The van der Waals surface area contributed by atoms with Gasteiger partial charge in [-0.1, -0.05) is 29.3 Å². The van der Waals surface area contributed by atoms with Gasteiger partial charge in [0.2, 0.25) is 5.91 Å². The van der Waals surface area contributed by atoms with Gasteiger partial charge in [-0.15, -0.1) is 10.2 Å². The third kappa shape index (κ3) is 5.22. The second-order valence-corrected chi connectivity index (χ2v) is 9.96. The summed E-state index contributed by atoms with van der Waals surface area (Å²) in [4.78, 5) is 19.7. The molecule has 1 unspecified atom stereocenters. The Kier molecular flexibility index (Phi) is 7.48. The molecule has 0 bridgehead atoms. The lowest BCUT2D eigenvalue weighted by Crippen LogP contribution is -2.52. The van der Waals surface area contributed by atoms with Crippen LogP contribution >= 0.6 is 23.2 Å². The largest absolute Gasteiger partial charge is 0.497 e. The highest BCUT2D eigenvalue weighted by Crippen LogP contribution is 2.33. The fourth-order valence-corrected chi connectivity index (χ4v) is 5.37. The lowest BCUT2D eigenvalue weighted by atomic mass is 9.96. The van der Waals surface area contributed by atoms with Gasteiger partial charge in [-0.05, 0) is 61.4 Å². The Bertz CT molecular complexity index is 1200. The molecule has 7 nitrogen and oxygen atoms in total. The molecule has 2 aliphatic heterocycles. The highest BCUT2D eigenvalue weighted by Gasteiger charge is 2.32. The van der Waals surface area contributed by atoms with Crippen LogP contribution in [0.5, 0.6) is 5.75 Å². The van der Waals surface area contributed by atoms with Crippen molar-refractivity contribution < 1.29 is 9.53 Å². The van der Waals surface area contributed by atoms with E-state index >= 15 is 0 Å². The van der Waals surface area contributed by atoms with E-state index in [1.807, 2.05) is 53.4 Å². The maximum Gasteiger partial charge on any atom is 0.227 e. The second-order valence-electron chi connectivity index (χ2n) is 9.18. The van der Waals surface area contributed by atoms with Crippen LogP contribution in [0, 0.1) is 5.92 Å². The van der Waals surface area contributed by atoms with Crippen LogP contribution in [0.25, 0.3) is 11.3 Å². The Balaban J connectivity index is 1.19. The highest BCUT2D eigenvalue weighted by molar-refractivity contribution is 6.43. The molecule has 1 amide bonds. The van der Waals surface area contributed by atoms with Crippen LogP contribution in [0.15, 0.2) is 54.6 Å². The van der Waals surface area contributed by atoms with Gasteiger partial charge in [0.05, 0.1) is 34.5 Å². The molecule has 2 saturated heterocycles. The number of carbonyl (C=O) groups excluding carboxylic acids is 1. The van der Waals surface area contributed by atoms with Crippen molar-refractivity contribution in [3.05, 3.63) is 64.6 Å². The van der Waals surface area contributed by atoms with E-state index in [4.69, 9.17) is 27.9 Å². The minimum absolute atomic E-state index is 0.0388. The summed E-state index contributed by atoms with van der Waals surface area (Å²) in [5, 5.41) is 10.0. The van der Waals surface area contributed by atoms with Crippen LogP contribution in [-0.2, 0) is 4.79 Å². The van der Waals surface area contributed by atoms with Crippen molar-refractivity contribution in [2.45, 2.75) is 12.8 Å². The Hall–Kier alpha value is -3.03. The van der Waals surface area contributed by atoms with Crippen molar-refractivity contribution in [1.29, 1.82) is 0 Å². The summed E-state index contributed by atoms with van der Waals surface area (Å²) in [5.41, 5.74) is 2.72. The molecule has 36 heavy (non-hydrogen) atoms. The number of aromatic nitrogens is 2. The average molecular weight is 526 g/mol. The summed E-state index contributed by atoms with van der Waals surface area (Å²) < 4.78 is 5.22. The third-order valence-corrected chi connectivity index (χ3v) is 7.80. The molecule has 0 saturated carbocycles. The molecule has 3 aromatic rings. The van der Waals surface area contributed by atoms with Crippen molar-refractivity contribution in [3.8, 4) is 17.0 Å². The number of anilines is 2. The van der Waals surface area contributed by atoms with Gasteiger partial charge >= 0.3 is 0 Å². The van der Waals surface area contributed by atoms with Crippen LogP contribution < -0.4 is 14.5 Å². The predicted octanol–water partition coefficient (Wildman–Crippen LogP) is 5.02. The van der Waals surface area contributed by atoms with Gasteiger partial charge in [-0.3, -0.25) is 4.79 Å². The average Bonchev–Trinajstić information content (AvgIpc) is 2.94. The summed E-state index contributed by atoms with van der Waals surface area (Å²) >= 11 is 12.6. The molecule has 0 N–H and O–H groups in total. The van der Waals surface area contributed by atoms with Gasteiger partial charge in [0.15, 0.2) is 5.82 Å². The van der Waals surface area contributed by atoms with E-state index in [-0.39, 0.29) is 11.8 Å². The van der Waals surface area contributed by atoms with Crippen molar-refractivity contribution in [2.75, 3.05) is 56.2 Å². The first-order chi connectivity index (χ1) is 17.5. The molecule has 188 valence electrons. The fourth-order valence-electron chi connectivity index (χ4n) is 4.96. The number of rotatable bonds is 5. The zero-order chi connectivity index (χ0) is 25.1. The molecule has 0 aliphatic carbocycles. The minimum Gasteiger partial charge on any atom is -0.497 e. The summed E-state index contributed by atoms with van der Waals surface area (Å²) in [5.74, 6) is 1.80. The van der Waals surface area contributed by atoms with E-state index in [1.54, 1.807) is 13.2 Å². The molecule has 5 rings (SSSR count). The molecule has 1 atom stereocenters. The minimum atomic E-state index is -0.0388. The van der Waals surface area contributed by atoms with E-state index < -0.39 is 0 Å². The molecule has 0 spiro atoms. The molecule has 2 aliphatic rings. The van der Waals surface area contributed by atoms with Crippen LogP contribution in [0.1, 0.15) is 12.8 Å². The fraction of sp³-hybridized carbons (Fsp3) is 0.370. The number of ether oxygens (including phenoxy) is 1. The SMILES string of the molecule is COc1ccc(-c2ccc(N3CCCC(C(=O)N4CCN(c5cccc(Cl)c5Cl)CC4)C3)nn2)cc1. The molecule has 2 aromatic carbocycles. The second kappa shape index (κ2) is 10.9. The van der Waals surface area contributed by atoms with E-state index in [1.165, 1.54) is 0 Å². The van der Waals surface area contributed by atoms with E-state index in [2.05, 4.69) is 20.0 Å². The Labute approximate surface area is 221 Å². The Morgan fingerprint density at radius 1 is 0.917 bits per heavy atom. The Morgan fingerprint density at radius 2 is 1.69 bits per heavy atom. The van der Waals surface area contributed by atoms with Crippen molar-refractivity contribution in [1.82, 2.24) is 15.1 Å². The number of nitrogens with zero attached hydrogens (tertiary/aromatic N) is 5. The number of piperidine rings is 1. The molecule has 0 radical (unpaired) electrons. The zero-order valence-electron chi connectivity index (χ0n) is 20.2. The van der Waals surface area contributed by atoms with Gasteiger partial charge in [0.1, 0.15) is 5.75 Å². The van der Waals surface area contributed by atoms with Gasteiger partial charge in [-0.2, -0.15) is 0 Å². The maximum atomic E-state index is 13.4. The van der Waals surface area contributed by atoms with Crippen molar-refractivity contribution in [2.24, 2.45) is 5.92 Å². The first kappa shape index (κ1) is 24.7. The summed E-state index contributed by atoms with van der Waals surface area (Å²) in [6, 6.07) is 17.4. The van der Waals surface area contributed by atoms with Gasteiger partial charge in [0.25, 0.3) is 0 Å². The first-order valence-electron chi connectivity index (χ1n) is 12.2. The van der Waals surface area contributed by atoms with Gasteiger partial charge < -0.3 is 19.4 Å². The van der Waals surface area contributed by atoms with Crippen molar-refractivity contribution >= 4 is 40.6 Å². The van der Waals surface area contributed by atoms with Crippen LogP contribution in [0.3, 0.4) is 0 Å². The van der Waals surface area contributed by atoms with Crippen LogP contribution in [0.2, 0.25) is 10.0 Å². The molecule has 9 heteroatoms. The van der Waals surface area contributed by atoms with E-state index in [9.17, 15) is 4.79 Å². The molecular weight excluding hydrogens is 497 g/mol. The van der Waals surface area contributed by atoms with Gasteiger partial charge in [0, 0.05) is 44.8 Å². The summed E-state index contributed by atoms with van der Waals surface area (Å²) in [6.07, 6.45) is 1.85.